The molecule has 1 amide bonds. The Labute approximate surface area is 90.5 Å². The third-order valence-electron chi connectivity index (χ3n) is 2.45. The first-order valence-electron chi connectivity index (χ1n) is 4.78. The number of hydrogen-bond acceptors (Lipinski definition) is 3. The zero-order valence-corrected chi connectivity index (χ0v) is 8.29. The second-order valence-electron chi connectivity index (χ2n) is 3.48. The van der Waals surface area contributed by atoms with Gasteiger partial charge < -0.3 is 5.73 Å². The van der Waals surface area contributed by atoms with Crippen molar-refractivity contribution in [2.24, 2.45) is 5.73 Å². The topological polar surface area (TPSA) is 73.3 Å². The summed E-state index contributed by atoms with van der Waals surface area (Å²) in [5, 5.41) is 0.900. The molecule has 3 aromatic rings. The van der Waals surface area contributed by atoms with Crippen LogP contribution < -0.4 is 5.73 Å². The first kappa shape index (κ1) is 8.84. The molecule has 0 unspecified atom stereocenters. The summed E-state index contributed by atoms with van der Waals surface area (Å²) in [5.41, 5.74) is 6.97. The molecule has 5 heteroatoms. The third-order valence-corrected chi connectivity index (χ3v) is 2.45. The molecular weight excluding hydrogens is 204 g/mol. The molecule has 0 aliphatic carbocycles. The lowest BCUT2D eigenvalue weighted by Crippen LogP contribution is -2.10. The van der Waals surface area contributed by atoms with Crippen LogP contribution in [-0.2, 0) is 0 Å². The minimum atomic E-state index is -0.534. The predicted molar refractivity (Wildman–Crippen MR) is 59.0 cm³/mol. The maximum Gasteiger partial charge on any atom is 0.268 e. The molecule has 16 heavy (non-hydrogen) atoms. The summed E-state index contributed by atoms with van der Waals surface area (Å²) >= 11 is 0. The Balaban J connectivity index is 2.46. The van der Waals surface area contributed by atoms with E-state index in [-0.39, 0.29) is 5.69 Å². The second-order valence-corrected chi connectivity index (χ2v) is 3.48. The number of amides is 1. The van der Waals surface area contributed by atoms with E-state index in [4.69, 9.17) is 5.73 Å². The van der Waals surface area contributed by atoms with Gasteiger partial charge in [-0.25, -0.2) is 9.97 Å². The molecule has 0 aliphatic heterocycles. The van der Waals surface area contributed by atoms with Crippen LogP contribution in [0.25, 0.3) is 16.6 Å². The third kappa shape index (κ3) is 1.15. The van der Waals surface area contributed by atoms with Crippen molar-refractivity contribution in [2.45, 2.75) is 0 Å². The summed E-state index contributed by atoms with van der Waals surface area (Å²) in [4.78, 5) is 19.5. The van der Waals surface area contributed by atoms with Gasteiger partial charge in [0.2, 0.25) is 0 Å². The highest BCUT2D eigenvalue weighted by Crippen LogP contribution is 2.16. The average molecular weight is 212 g/mol. The number of hydrogen-bond donors (Lipinski definition) is 1. The molecule has 3 rings (SSSR count). The highest BCUT2D eigenvalue weighted by atomic mass is 16.1. The lowest BCUT2D eigenvalue weighted by atomic mass is 10.2. The quantitative estimate of drug-likeness (QED) is 0.653. The van der Waals surface area contributed by atoms with Crippen molar-refractivity contribution >= 4 is 22.5 Å². The van der Waals surface area contributed by atoms with Crippen molar-refractivity contribution in [2.75, 3.05) is 0 Å². The predicted octanol–water partition coefficient (Wildman–Crippen LogP) is 0.981. The number of nitrogens with zero attached hydrogens (tertiary/aromatic N) is 3. The fourth-order valence-electron chi connectivity index (χ4n) is 1.70. The molecule has 0 spiro atoms. The minimum Gasteiger partial charge on any atom is -0.364 e. The van der Waals surface area contributed by atoms with E-state index in [9.17, 15) is 4.79 Å². The van der Waals surface area contributed by atoms with Crippen molar-refractivity contribution in [1.29, 1.82) is 0 Å². The van der Waals surface area contributed by atoms with E-state index < -0.39 is 5.91 Å². The first-order valence-corrected chi connectivity index (χ1v) is 4.78. The van der Waals surface area contributed by atoms with Crippen LogP contribution in [0, 0.1) is 0 Å². The highest BCUT2D eigenvalue weighted by molar-refractivity contribution is 5.95. The van der Waals surface area contributed by atoms with E-state index in [0.29, 0.717) is 5.65 Å². The Morgan fingerprint density at radius 2 is 2.12 bits per heavy atom. The smallest absolute Gasteiger partial charge is 0.268 e. The summed E-state index contributed by atoms with van der Waals surface area (Å²) in [6.45, 7) is 0. The molecular formula is C11H8N4O. The van der Waals surface area contributed by atoms with Gasteiger partial charge in [0.05, 0.1) is 5.52 Å². The van der Waals surface area contributed by atoms with E-state index >= 15 is 0 Å². The summed E-state index contributed by atoms with van der Waals surface area (Å²) in [6.07, 6.45) is 3.20. The first-order chi connectivity index (χ1) is 7.75. The monoisotopic (exact) mass is 212 g/mol. The van der Waals surface area contributed by atoms with Gasteiger partial charge in [-0.2, -0.15) is 0 Å². The Morgan fingerprint density at radius 1 is 1.31 bits per heavy atom. The number of para-hydroxylation sites is 1. The Bertz CT molecular complexity index is 701. The number of fused-ring (bicyclic) bond motifs is 3. The van der Waals surface area contributed by atoms with Gasteiger partial charge in [0.1, 0.15) is 17.7 Å². The molecule has 0 radical (unpaired) electrons. The number of benzene rings is 1. The molecule has 0 bridgehead atoms. The van der Waals surface area contributed by atoms with Crippen LogP contribution in [0.15, 0.2) is 36.8 Å². The number of carbonyl (C=O) groups is 1. The normalized spacial score (nSPS) is 11.0. The summed E-state index contributed by atoms with van der Waals surface area (Å²) in [6, 6.07) is 7.62. The summed E-state index contributed by atoms with van der Waals surface area (Å²) in [7, 11) is 0. The van der Waals surface area contributed by atoms with Gasteiger partial charge in [0.15, 0.2) is 0 Å². The number of rotatable bonds is 1. The standard InChI is InChI=1S/C11H8N4O/c12-10(16)9-5-15-6-13-8-4-2-1-3-7(8)11(15)14-9/h1-6H,(H2,12,16). The van der Waals surface area contributed by atoms with Crippen molar-refractivity contribution in [1.82, 2.24) is 14.4 Å². The Kier molecular flexibility index (Phi) is 1.67. The molecule has 78 valence electrons. The Morgan fingerprint density at radius 3 is 2.94 bits per heavy atom. The molecule has 5 nitrogen and oxygen atoms in total. The number of carbonyl (C=O) groups excluding carboxylic acids is 1. The van der Waals surface area contributed by atoms with Crippen LogP contribution in [0.4, 0.5) is 0 Å². The maximum atomic E-state index is 11.0. The summed E-state index contributed by atoms with van der Waals surface area (Å²) < 4.78 is 1.70. The zero-order chi connectivity index (χ0) is 11.1. The number of imidazole rings is 1. The number of nitrogens with two attached hydrogens (primary N) is 1. The van der Waals surface area contributed by atoms with E-state index in [1.807, 2.05) is 24.3 Å². The van der Waals surface area contributed by atoms with Crippen molar-refractivity contribution in [3.8, 4) is 0 Å². The van der Waals surface area contributed by atoms with Crippen LogP contribution in [0.1, 0.15) is 10.5 Å². The molecule has 2 aromatic heterocycles. The van der Waals surface area contributed by atoms with Gasteiger partial charge in [-0.3, -0.25) is 9.20 Å². The van der Waals surface area contributed by atoms with Crippen molar-refractivity contribution in [3.05, 3.63) is 42.5 Å². The lowest BCUT2D eigenvalue weighted by Gasteiger charge is -1.97. The van der Waals surface area contributed by atoms with Gasteiger partial charge in [0.25, 0.3) is 5.91 Å². The van der Waals surface area contributed by atoms with Crippen LogP contribution in [0.3, 0.4) is 0 Å². The molecule has 0 atom stereocenters. The van der Waals surface area contributed by atoms with Crippen LogP contribution in [-0.4, -0.2) is 20.3 Å². The molecule has 0 saturated heterocycles. The van der Waals surface area contributed by atoms with Crippen LogP contribution >= 0.6 is 0 Å². The maximum absolute atomic E-state index is 11.0. The van der Waals surface area contributed by atoms with Gasteiger partial charge in [-0.15, -0.1) is 0 Å². The molecule has 0 aliphatic rings. The van der Waals surface area contributed by atoms with Crippen LogP contribution in [0.5, 0.6) is 0 Å². The SMILES string of the molecule is NC(=O)c1cn2cnc3ccccc3c2n1. The lowest BCUT2D eigenvalue weighted by molar-refractivity contribution is 0.0996. The fourth-order valence-corrected chi connectivity index (χ4v) is 1.70. The minimum absolute atomic E-state index is 0.248. The molecule has 2 heterocycles. The zero-order valence-electron chi connectivity index (χ0n) is 8.29. The van der Waals surface area contributed by atoms with Crippen molar-refractivity contribution in [3.63, 3.8) is 0 Å². The van der Waals surface area contributed by atoms with E-state index in [1.165, 1.54) is 0 Å². The van der Waals surface area contributed by atoms with Crippen molar-refractivity contribution < 1.29 is 4.79 Å². The number of primary amides is 1. The summed E-state index contributed by atoms with van der Waals surface area (Å²) in [5.74, 6) is -0.534. The fraction of sp³-hybridized carbons (Fsp3) is 0. The van der Waals surface area contributed by atoms with E-state index in [0.717, 1.165) is 10.9 Å². The van der Waals surface area contributed by atoms with E-state index in [1.54, 1.807) is 16.9 Å². The largest absolute Gasteiger partial charge is 0.364 e. The van der Waals surface area contributed by atoms with Gasteiger partial charge >= 0.3 is 0 Å². The van der Waals surface area contributed by atoms with Gasteiger partial charge in [-0.1, -0.05) is 12.1 Å². The molecule has 0 fully saturated rings. The van der Waals surface area contributed by atoms with Gasteiger partial charge in [0, 0.05) is 11.6 Å². The Hall–Kier alpha value is -2.43. The molecule has 0 saturated carbocycles. The second kappa shape index (κ2) is 3.03. The average Bonchev–Trinajstić information content (AvgIpc) is 2.73. The van der Waals surface area contributed by atoms with E-state index in [2.05, 4.69) is 9.97 Å². The number of aromatic nitrogens is 3. The van der Waals surface area contributed by atoms with Gasteiger partial charge in [-0.05, 0) is 12.1 Å². The molecule has 2 N–H and O–H groups in total. The molecule has 1 aromatic carbocycles. The van der Waals surface area contributed by atoms with Crippen LogP contribution in [0.2, 0.25) is 0 Å². The highest BCUT2D eigenvalue weighted by Gasteiger charge is 2.09.